The fourth-order valence-corrected chi connectivity index (χ4v) is 1.70. The van der Waals surface area contributed by atoms with Gasteiger partial charge in [-0.2, -0.15) is 0 Å². The van der Waals surface area contributed by atoms with Gasteiger partial charge in [0.25, 0.3) is 0 Å². The Morgan fingerprint density at radius 3 is 2.47 bits per heavy atom. The molecule has 0 fully saturated rings. The van der Waals surface area contributed by atoms with Gasteiger partial charge in [-0.05, 0) is 16.5 Å². The lowest BCUT2D eigenvalue weighted by Crippen LogP contribution is -2.39. The van der Waals surface area contributed by atoms with Crippen LogP contribution in [0, 0.1) is 5.41 Å². The number of aliphatic hydroxyl groups is 1. The van der Waals surface area contributed by atoms with Gasteiger partial charge in [-0.3, -0.25) is 0 Å². The lowest BCUT2D eigenvalue weighted by atomic mass is 9.85. The molecule has 0 amide bonds. The van der Waals surface area contributed by atoms with Crippen LogP contribution in [0.15, 0.2) is 35.4 Å². The van der Waals surface area contributed by atoms with E-state index in [1.807, 2.05) is 51.1 Å². The van der Waals surface area contributed by atoms with Gasteiger partial charge in [-0.25, -0.2) is 0 Å². The lowest BCUT2D eigenvalue weighted by Gasteiger charge is -2.30. The molecular weight excluding hydrogens is 242 g/mol. The summed E-state index contributed by atoms with van der Waals surface area (Å²) >= 11 is 0. The number of aliphatic hydroxyl groups excluding tert-OH is 1. The van der Waals surface area contributed by atoms with E-state index in [0.29, 0.717) is 6.61 Å². The number of benzene rings is 1. The van der Waals surface area contributed by atoms with Gasteiger partial charge in [0, 0.05) is 4.91 Å². The average molecular weight is 263 g/mol. The van der Waals surface area contributed by atoms with Crippen LogP contribution < -0.4 is 0 Å². The predicted octanol–water partition coefficient (Wildman–Crippen LogP) is 3.29. The molecule has 0 aliphatic heterocycles. The van der Waals surface area contributed by atoms with Crippen LogP contribution >= 0.6 is 0 Å². The van der Waals surface area contributed by atoms with E-state index in [2.05, 4.69) is 10.0 Å². The van der Waals surface area contributed by atoms with Crippen molar-refractivity contribution < 1.29 is 9.84 Å². The molecule has 0 unspecified atom stereocenters. The number of hydrogen-bond acceptors (Lipinski definition) is 3. The Labute approximate surface area is 113 Å². The highest BCUT2D eigenvalue weighted by Crippen LogP contribution is 2.23. The summed E-state index contributed by atoms with van der Waals surface area (Å²) in [6.45, 7) is 6.34. The highest BCUT2D eigenvalue weighted by molar-refractivity contribution is 5.13. The highest BCUT2D eigenvalue weighted by Gasteiger charge is 2.29. The number of nitrogens with zero attached hydrogens (tertiary/aromatic N) is 3. The third kappa shape index (κ3) is 5.30. The summed E-state index contributed by atoms with van der Waals surface area (Å²) in [5.74, 6) is 0. The van der Waals surface area contributed by atoms with Crippen LogP contribution in [0.25, 0.3) is 10.4 Å². The van der Waals surface area contributed by atoms with Crippen molar-refractivity contribution in [2.75, 3.05) is 6.61 Å². The molecule has 0 heterocycles. The van der Waals surface area contributed by atoms with Gasteiger partial charge in [0.1, 0.15) is 0 Å². The summed E-state index contributed by atoms with van der Waals surface area (Å²) in [4.78, 5) is 2.78. The van der Waals surface area contributed by atoms with Crippen LogP contribution in [0.4, 0.5) is 0 Å². The van der Waals surface area contributed by atoms with Crippen molar-refractivity contribution >= 4 is 0 Å². The first kappa shape index (κ1) is 15.5. The van der Waals surface area contributed by atoms with E-state index in [1.165, 1.54) is 0 Å². The van der Waals surface area contributed by atoms with E-state index in [0.717, 1.165) is 5.56 Å². The van der Waals surface area contributed by atoms with E-state index < -0.39 is 12.1 Å². The maximum Gasteiger partial charge on any atom is 0.0872 e. The van der Waals surface area contributed by atoms with Crippen molar-refractivity contribution in [1.82, 2.24) is 0 Å². The molecule has 0 bridgehead atoms. The van der Waals surface area contributed by atoms with Gasteiger partial charge in [0.2, 0.25) is 0 Å². The largest absolute Gasteiger partial charge is 0.392 e. The van der Waals surface area contributed by atoms with Crippen molar-refractivity contribution in [2.45, 2.75) is 39.5 Å². The monoisotopic (exact) mass is 263 g/mol. The molecule has 2 atom stereocenters. The first-order chi connectivity index (χ1) is 8.95. The summed E-state index contributed by atoms with van der Waals surface area (Å²) in [5.41, 5.74) is 9.26. The average Bonchev–Trinajstić information content (AvgIpc) is 2.37. The lowest BCUT2D eigenvalue weighted by molar-refractivity contribution is 0.00138. The first-order valence-corrected chi connectivity index (χ1v) is 6.29. The fraction of sp³-hybridized carbons (Fsp3) is 0.571. The summed E-state index contributed by atoms with van der Waals surface area (Å²) in [6, 6.07) is 9.16. The van der Waals surface area contributed by atoms with Crippen LogP contribution in [0.2, 0.25) is 0 Å². The summed E-state index contributed by atoms with van der Waals surface area (Å²) in [7, 11) is 0. The van der Waals surface area contributed by atoms with Gasteiger partial charge in [0.05, 0.1) is 25.4 Å². The topological polar surface area (TPSA) is 78.2 Å². The number of ether oxygens (including phenoxy) is 1. The van der Waals surface area contributed by atoms with Crippen LogP contribution in [0.5, 0.6) is 0 Å². The maximum atomic E-state index is 10.1. The van der Waals surface area contributed by atoms with Gasteiger partial charge in [-0.15, -0.1) is 0 Å². The molecule has 5 heteroatoms. The van der Waals surface area contributed by atoms with Crippen LogP contribution in [0.1, 0.15) is 26.3 Å². The SMILES string of the molecule is CC(C)(C)[C@@H](O)[C@H](COCc1ccccc1)N=[N+]=[N-]. The molecule has 0 aliphatic carbocycles. The molecule has 5 nitrogen and oxygen atoms in total. The van der Waals surface area contributed by atoms with E-state index in [1.54, 1.807) is 0 Å². The quantitative estimate of drug-likeness (QED) is 0.485. The first-order valence-electron chi connectivity index (χ1n) is 6.29. The Bertz CT molecular complexity index is 422. The van der Waals surface area contributed by atoms with Crippen LogP contribution in [-0.4, -0.2) is 23.9 Å². The second-order valence-corrected chi connectivity index (χ2v) is 5.58. The molecule has 1 rings (SSSR count). The van der Waals surface area contributed by atoms with Crippen molar-refractivity contribution in [3.8, 4) is 0 Å². The normalized spacial score (nSPS) is 14.5. The van der Waals surface area contributed by atoms with E-state index in [9.17, 15) is 5.11 Å². The zero-order chi connectivity index (χ0) is 14.3. The molecule has 0 saturated heterocycles. The van der Waals surface area contributed by atoms with Crippen LogP contribution in [0.3, 0.4) is 0 Å². The van der Waals surface area contributed by atoms with Gasteiger partial charge < -0.3 is 9.84 Å². The molecule has 0 radical (unpaired) electrons. The van der Waals surface area contributed by atoms with Gasteiger partial charge in [-0.1, -0.05) is 56.2 Å². The highest BCUT2D eigenvalue weighted by atomic mass is 16.5. The van der Waals surface area contributed by atoms with Gasteiger partial charge >= 0.3 is 0 Å². The molecule has 0 spiro atoms. The van der Waals surface area contributed by atoms with Gasteiger partial charge in [0.15, 0.2) is 0 Å². The van der Waals surface area contributed by atoms with E-state index in [-0.39, 0.29) is 12.0 Å². The molecule has 0 saturated carbocycles. The predicted molar refractivity (Wildman–Crippen MR) is 74.5 cm³/mol. The molecule has 0 aliphatic rings. The second kappa shape index (κ2) is 7.14. The van der Waals surface area contributed by atoms with Crippen molar-refractivity contribution in [3.05, 3.63) is 46.3 Å². The van der Waals surface area contributed by atoms with Crippen LogP contribution in [-0.2, 0) is 11.3 Å². The Hall–Kier alpha value is -1.55. The minimum Gasteiger partial charge on any atom is -0.392 e. The molecule has 104 valence electrons. The molecule has 1 aromatic rings. The molecule has 1 aromatic carbocycles. The molecule has 19 heavy (non-hydrogen) atoms. The number of hydrogen-bond donors (Lipinski definition) is 1. The third-order valence-corrected chi connectivity index (χ3v) is 2.85. The Kier molecular flexibility index (Phi) is 5.83. The minimum absolute atomic E-state index is 0.206. The van der Waals surface area contributed by atoms with E-state index >= 15 is 0 Å². The fourth-order valence-electron chi connectivity index (χ4n) is 1.70. The zero-order valence-electron chi connectivity index (χ0n) is 11.7. The van der Waals surface area contributed by atoms with Crippen molar-refractivity contribution in [2.24, 2.45) is 10.5 Å². The Morgan fingerprint density at radius 1 is 1.32 bits per heavy atom. The minimum atomic E-state index is -0.737. The maximum absolute atomic E-state index is 10.1. The standard InChI is InChI=1S/C14H21N3O2/c1-14(2,3)13(18)12(16-17-15)10-19-9-11-7-5-4-6-8-11/h4-8,12-13,18H,9-10H2,1-3H3/t12-,13-/m0/s1. The van der Waals surface area contributed by atoms with Crippen molar-refractivity contribution in [1.29, 1.82) is 0 Å². The summed E-state index contributed by atoms with van der Waals surface area (Å²) in [5, 5.41) is 13.8. The smallest absolute Gasteiger partial charge is 0.0872 e. The molecule has 0 aromatic heterocycles. The zero-order valence-corrected chi connectivity index (χ0v) is 11.7. The Morgan fingerprint density at radius 2 is 1.95 bits per heavy atom. The third-order valence-electron chi connectivity index (χ3n) is 2.85. The molecular formula is C14H21N3O2. The Balaban J connectivity index is 2.53. The summed E-state index contributed by atoms with van der Waals surface area (Å²) in [6.07, 6.45) is -0.737. The van der Waals surface area contributed by atoms with Crippen molar-refractivity contribution in [3.63, 3.8) is 0 Å². The number of rotatable bonds is 6. The second-order valence-electron chi connectivity index (χ2n) is 5.58. The van der Waals surface area contributed by atoms with E-state index in [4.69, 9.17) is 10.3 Å². The number of azide groups is 1. The summed E-state index contributed by atoms with van der Waals surface area (Å²) < 4.78 is 5.53. The molecule has 1 N–H and O–H groups in total.